The number of hydrogen-bond donors (Lipinski definition) is 3. The zero-order valence-corrected chi connectivity index (χ0v) is 15.5. The van der Waals surface area contributed by atoms with E-state index in [4.69, 9.17) is 5.11 Å². The summed E-state index contributed by atoms with van der Waals surface area (Å²) in [5.41, 5.74) is 0.0991. The number of allylic oxidation sites excluding steroid dienone is 1. The molecule has 0 aromatic heterocycles. The van der Waals surface area contributed by atoms with Crippen molar-refractivity contribution in [1.29, 1.82) is 0 Å². The summed E-state index contributed by atoms with van der Waals surface area (Å²) in [5.74, 6) is 0.997. The van der Waals surface area contributed by atoms with Crippen LogP contribution in [-0.4, -0.2) is 33.0 Å². The van der Waals surface area contributed by atoms with E-state index in [2.05, 4.69) is 19.9 Å². The molecule has 0 heterocycles. The fourth-order valence-corrected chi connectivity index (χ4v) is 7.19. The maximum atomic E-state index is 11.2. The van der Waals surface area contributed by atoms with Crippen molar-refractivity contribution >= 4 is 5.97 Å². The Morgan fingerprint density at radius 3 is 2.72 bits per heavy atom. The minimum Gasteiger partial charge on any atom is -0.481 e. The van der Waals surface area contributed by atoms with Gasteiger partial charge in [0.05, 0.1) is 12.5 Å². The highest BCUT2D eigenvalue weighted by Gasteiger charge is 2.59. The predicted octanol–water partition coefficient (Wildman–Crippen LogP) is 3.52. The Morgan fingerprint density at radius 1 is 1.24 bits per heavy atom. The molecule has 3 N–H and O–H groups in total. The molecule has 4 aliphatic carbocycles. The van der Waals surface area contributed by atoms with Crippen LogP contribution < -0.4 is 0 Å². The van der Waals surface area contributed by atoms with Crippen LogP contribution in [0.4, 0.5) is 0 Å². The number of carboxylic acid groups (broad SMARTS) is 1. The summed E-state index contributed by atoms with van der Waals surface area (Å²) in [6.45, 7) is 4.74. The maximum Gasteiger partial charge on any atom is 0.306 e. The highest BCUT2D eigenvalue weighted by Crippen LogP contribution is 2.65. The quantitative estimate of drug-likeness (QED) is 0.667. The van der Waals surface area contributed by atoms with Gasteiger partial charge in [-0.25, -0.2) is 0 Å². The molecule has 4 aliphatic rings. The summed E-state index contributed by atoms with van der Waals surface area (Å²) >= 11 is 0. The molecule has 4 nitrogen and oxygen atoms in total. The molecule has 0 bridgehead atoms. The molecular weight excluding hydrogens is 316 g/mol. The van der Waals surface area contributed by atoms with Gasteiger partial charge < -0.3 is 15.3 Å². The van der Waals surface area contributed by atoms with Gasteiger partial charge in [0.25, 0.3) is 0 Å². The Hall–Kier alpha value is -0.870. The number of carboxylic acids is 1. The van der Waals surface area contributed by atoms with Gasteiger partial charge in [0.2, 0.25) is 0 Å². The zero-order chi connectivity index (χ0) is 18.0. The van der Waals surface area contributed by atoms with Crippen molar-refractivity contribution in [3.63, 3.8) is 0 Å². The lowest BCUT2D eigenvalue weighted by molar-refractivity contribution is -0.160. The highest BCUT2D eigenvalue weighted by molar-refractivity contribution is 5.68. The third-order valence-corrected chi connectivity index (χ3v) is 8.60. The molecule has 0 aromatic rings. The van der Waals surface area contributed by atoms with E-state index < -0.39 is 17.7 Å². The number of aliphatic hydroxyl groups is 2. The summed E-state index contributed by atoms with van der Waals surface area (Å²) in [6.07, 6.45) is 9.34. The van der Waals surface area contributed by atoms with Crippen LogP contribution in [-0.2, 0) is 4.79 Å². The van der Waals surface area contributed by atoms with Crippen molar-refractivity contribution in [3.05, 3.63) is 11.6 Å². The van der Waals surface area contributed by atoms with E-state index in [0.717, 1.165) is 12.3 Å². The molecule has 2 unspecified atom stereocenters. The van der Waals surface area contributed by atoms with Crippen LogP contribution in [0.15, 0.2) is 11.6 Å². The number of fused-ring (bicyclic) bond motifs is 5. The zero-order valence-electron chi connectivity index (χ0n) is 15.5. The van der Waals surface area contributed by atoms with Crippen LogP contribution in [0.5, 0.6) is 0 Å². The van der Waals surface area contributed by atoms with Crippen LogP contribution in [0.3, 0.4) is 0 Å². The third-order valence-electron chi connectivity index (χ3n) is 8.60. The first kappa shape index (κ1) is 17.5. The van der Waals surface area contributed by atoms with Crippen molar-refractivity contribution in [2.24, 2.45) is 28.6 Å². The standard InChI is InChI=1S/C21H32O4/c1-19-8-3-4-15(19)14-6-5-13-10-21(25,12-18(23)24)17(22)11-20(13,2)16(14)7-9-19/h5,14-17,22,25H,3-4,6-12H2,1-2H3,(H,23,24)/t14-,15-,16-,17?,19-,20-,21?/m0/s1. The summed E-state index contributed by atoms with van der Waals surface area (Å²) < 4.78 is 0. The topological polar surface area (TPSA) is 77.8 Å². The number of rotatable bonds is 2. The van der Waals surface area contributed by atoms with Crippen molar-refractivity contribution in [2.45, 2.75) is 83.3 Å². The fourth-order valence-electron chi connectivity index (χ4n) is 7.19. The van der Waals surface area contributed by atoms with Gasteiger partial charge in [0.15, 0.2) is 0 Å². The third kappa shape index (κ3) is 2.51. The van der Waals surface area contributed by atoms with Gasteiger partial charge in [-0.1, -0.05) is 31.9 Å². The first-order valence-electron chi connectivity index (χ1n) is 10.00. The highest BCUT2D eigenvalue weighted by atomic mass is 16.4. The van der Waals surface area contributed by atoms with Gasteiger partial charge in [-0.15, -0.1) is 0 Å². The van der Waals surface area contributed by atoms with Gasteiger partial charge in [-0.2, -0.15) is 0 Å². The average molecular weight is 348 g/mol. The molecular formula is C21H32O4. The number of aliphatic hydroxyl groups excluding tert-OH is 1. The van der Waals surface area contributed by atoms with E-state index in [1.807, 2.05) is 0 Å². The summed E-state index contributed by atoms with van der Waals surface area (Å²) in [5, 5.41) is 30.6. The Kier molecular flexibility index (Phi) is 3.90. The number of hydrogen-bond acceptors (Lipinski definition) is 3. The number of carbonyl (C=O) groups is 1. The van der Waals surface area contributed by atoms with E-state index in [1.54, 1.807) is 0 Å². The molecule has 0 spiro atoms. The fraction of sp³-hybridized carbons (Fsp3) is 0.857. The lowest BCUT2D eigenvalue weighted by Crippen LogP contribution is -2.57. The second kappa shape index (κ2) is 5.56. The molecule has 0 amide bonds. The lowest BCUT2D eigenvalue weighted by Gasteiger charge is -2.59. The number of aliphatic carboxylic acids is 1. The molecule has 0 radical (unpaired) electrons. The van der Waals surface area contributed by atoms with Gasteiger partial charge >= 0.3 is 5.97 Å². The van der Waals surface area contributed by atoms with Crippen molar-refractivity contribution in [3.8, 4) is 0 Å². The normalized spacial score (nSPS) is 51.9. The summed E-state index contributed by atoms with van der Waals surface area (Å²) in [4.78, 5) is 11.2. The van der Waals surface area contributed by atoms with Gasteiger partial charge in [0, 0.05) is 6.42 Å². The first-order chi connectivity index (χ1) is 11.7. The van der Waals surface area contributed by atoms with Crippen LogP contribution in [0, 0.1) is 28.6 Å². The average Bonchev–Trinajstić information content (AvgIpc) is 2.90. The van der Waals surface area contributed by atoms with Crippen LogP contribution in [0.1, 0.15) is 71.6 Å². The van der Waals surface area contributed by atoms with E-state index in [0.29, 0.717) is 30.1 Å². The molecule has 140 valence electrons. The van der Waals surface area contributed by atoms with E-state index in [9.17, 15) is 15.0 Å². The maximum absolute atomic E-state index is 11.2. The van der Waals surface area contributed by atoms with Crippen LogP contribution in [0.2, 0.25) is 0 Å². The largest absolute Gasteiger partial charge is 0.481 e. The second-order valence-electron chi connectivity index (χ2n) is 9.92. The van der Waals surface area contributed by atoms with E-state index >= 15 is 0 Å². The van der Waals surface area contributed by atoms with E-state index in [1.165, 1.54) is 37.7 Å². The molecule has 3 fully saturated rings. The van der Waals surface area contributed by atoms with Gasteiger partial charge in [-0.3, -0.25) is 4.79 Å². The molecule has 3 saturated carbocycles. The summed E-state index contributed by atoms with van der Waals surface area (Å²) in [6, 6.07) is 0. The molecule has 4 rings (SSSR count). The Labute approximate surface area is 150 Å². The minimum absolute atomic E-state index is 0.0863. The van der Waals surface area contributed by atoms with Crippen LogP contribution in [0.25, 0.3) is 0 Å². The Bertz CT molecular complexity index is 613. The van der Waals surface area contributed by atoms with Gasteiger partial charge in [-0.05, 0) is 67.1 Å². The molecule has 7 atom stereocenters. The molecule has 0 aromatic carbocycles. The van der Waals surface area contributed by atoms with E-state index in [-0.39, 0.29) is 11.8 Å². The van der Waals surface area contributed by atoms with Crippen LogP contribution >= 0.6 is 0 Å². The minimum atomic E-state index is -1.51. The Morgan fingerprint density at radius 2 is 2.00 bits per heavy atom. The second-order valence-corrected chi connectivity index (χ2v) is 9.92. The molecule has 4 heteroatoms. The summed E-state index contributed by atoms with van der Waals surface area (Å²) in [7, 11) is 0. The first-order valence-corrected chi connectivity index (χ1v) is 10.00. The molecule has 0 aliphatic heterocycles. The molecule has 0 saturated heterocycles. The smallest absolute Gasteiger partial charge is 0.306 e. The van der Waals surface area contributed by atoms with Gasteiger partial charge in [0.1, 0.15) is 5.60 Å². The van der Waals surface area contributed by atoms with Crippen molar-refractivity contribution < 1.29 is 20.1 Å². The lowest BCUT2D eigenvalue weighted by atomic mass is 9.47. The van der Waals surface area contributed by atoms with Crippen molar-refractivity contribution in [1.82, 2.24) is 0 Å². The SMILES string of the molecule is C[C@@]12CCC[C@H]1[C@@H]1CC=C3CC(O)(CC(=O)O)C(O)C[C@]3(C)[C@H]1CC2. The molecule has 25 heavy (non-hydrogen) atoms. The Balaban J connectivity index is 1.65. The monoisotopic (exact) mass is 348 g/mol. The van der Waals surface area contributed by atoms with Crippen molar-refractivity contribution in [2.75, 3.05) is 0 Å². The predicted molar refractivity (Wildman–Crippen MR) is 94.9 cm³/mol.